The maximum atomic E-state index is 11.5. The Kier molecular flexibility index (Phi) is 13.1. The molecule has 0 aromatic carbocycles. The summed E-state index contributed by atoms with van der Waals surface area (Å²) in [6.45, 7) is 5.26. The first-order valence-electron chi connectivity index (χ1n) is 14.9. The van der Waals surface area contributed by atoms with Gasteiger partial charge in [0.15, 0.2) is 6.29 Å². The van der Waals surface area contributed by atoms with E-state index in [0.29, 0.717) is 25.3 Å². The van der Waals surface area contributed by atoms with E-state index in [2.05, 4.69) is 35.8 Å². The molecule has 216 valence electrons. The molecule has 3 rings (SSSR count). The number of rotatable bonds is 12. The predicted octanol–water partition coefficient (Wildman–Crippen LogP) is 5.29. The number of carbonyl (C=O) groups is 1. The second-order valence-electron chi connectivity index (χ2n) is 11.4. The number of nitrogens with two attached hydrogens (primary N) is 1. The summed E-state index contributed by atoms with van der Waals surface area (Å²) in [5.41, 5.74) is 6.98. The first kappa shape index (κ1) is 31.4. The van der Waals surface area contributed by atoms with Crippen LogP contribution in [0.5, 0.6) is 0 Å². The smallest absolute Gasteiger partial charge is 0.305 e. The Hall–Kier alpha value is -2.09. The fraction of sp³-hybridized carbons (Fsp3) is 0.727. The monoisotopic (exact) mass is 539 g/mol. The predicted molar refractivity (Wildman–Crippen MR) is 154 cm³/mol. The van der Waals surface area contributed by atoms with Gasteiger partial charge in [-0.2, -0.15) is 0 Å². The second-order valence-corrected chi connectivity index (χ2v) is 11.4. The summed E-state index contributed by atoms with van der Waals surface area (Å²) in [6, 6.07) is 0. The van der Waals surface area contributed by atoms with Gasteiger partial charge in [-0.25, -0.2) is 0 Å². The van der Waals surface area contributed by atoms with E-state index in [0.717, 1.165) is 70.8 Å². The molecule has 1 saturated heterocycles. The van der Waals surface area contributed by atoms with Crippen molar-refractivity contribution < 1.29 is 24.1 Å². The van der Waals surface area contributed by atoms with E-state index in [-0.39, 0.29) is 35.6 Å². The molecule has 6 nitrogen and oxygen atoms in total. The van der Waals surface area contributed by atoms with Crippen LogP contribution in [0.15, 0.2) is 23.8 Å². The van der Waals surface area contributed by atoms with Gasteiger partial charge >= 0.3 is 5.97 Å². The summed E-state index contributed by atoms with van der Waals surface area (Å²) < 4.78 is 17.4. The summed E-state index contributed by atoms with van der Waals surface area (Å²) in [7, 11) is 1.44. The van der Waals surface area contributed by atoms with Gasteiger partial charge < -0.3 is 25.1 Å². The summed E-state index contributed by atoms with van der Waals surface area (Å²) in [6.07, 6.45) is 16.1. The summed E-state index contributed by atoms with van der Waals surface area (Å²) >= 11 is 0. The van der Waals surface area contributed by atoms with Crippen molar-refractivity contribution in [3.05, 3.63) is 23.8 Å². The van der Waals surface area contributed by atoms with Crippen LogP contribution in [0.1, 0.15) is 90.9 Å². The lowest BCUT2D eigenvalue weighted by Crippen LogP contribution is -2.31. The fourth-order valence-electron chi connectivity index (χ4n) is 6.22. The molecular formula is C33H49NO5. The average Bonchev–Trinajstić information content (AvgIpc) is 3.42. The van der Waals surface area contributed by atoms with E-state index >= 15 is 0 Å². The number of allylic oxidation sites excluding steroid dienone is 2. The largest absolute Gasteiger partial charge is 0.469 e. The summed E-state index contributed by atoms with van der Waals surface area (Å²) in [4.78, 5) is 11.5. The highest BCUT2D eigenvalue weighted by molar-refractivity contribution is 5.69. The van der Waals surface area contributed by atoms with Crippen molar-refractivity contribution in [3.8, 4) is 23.7 Å². The number of hydrogen-bond donors (Lipinski definition) is 2. The molecule has 7 atom stereocenters. The van der Waals surface area contributed by atoms with E-state index in [1.807, 2.05) is 19.9 Å². The number of aliphatic hydroxyl groups excluding tert-OH is 1. The average molecular weight is 540 g/mol. The fourth-order valence-corrected chi connectivity index (χ4v) is 6.22. The molecule has 0 amide bonds. The van der Waals surface area contributed by atoms with E-state index in [1.165, 1.54) is 12.7 Å². The number of ether oxygens (including phenoxy) is 3. The maximum Gasteiger partial charge on any atom is 0.305 e. The molecule has 3 aliphatic rings. The Morgan fingerprint density at radius 2 is 2.15 bits per heavy atom. The molecule has 1 aliphatic heterocycles. The summed E-state index contributed by atoms with van der Waals surface area (Å²) in [5.74, 6) is 13.5. The molecule has 3 fully saturated rings. The van der Waals surface area contributed by atoms with Gasteiger partial charge in [0.2, 0.25) is 0 Å². The van der Waals surface area contributed by atoms with E-state index in [4.69, 9.17) is 19.9 Å². The lowest BCUT2D eigenvalue weighted by molar-refractivity contribution is -0.193. The Morgan fingerprint density at radius 3 is 2.87 bits per heavy atom. The third-order valence-electron chi connectivity index (χ3n) is 8.46. The molecule has 0 radical (unpaired) electrons. The van der Waals surface area contributed by atoms with Gasteiger partial charge in [-0.05, 0) is 83.1 Å². The third kappa shape index (κ3) is 9.22. The standard InChI is InChI=1S/C33H49NO5/c1-4-5-13-25(2)29(35)18-17-27-28-22-26(14-7-8-15-31(36)37-3)23-33(28,19-10-6-11-20-34)24-30(27)39-32-16-9-12-21-38-32/h14,17-18,25,27-30,32,35H,6-9,11-13,15-16,20-24,34H2,1-3H3/b18-17+,26-14+/t25?,27-,28-,29-,30-,32?,33+/m1/s1. The molecule has 0 aromatic heterocycles. The Morgan fingerprint density at radius 1 is 1.31 bits per heavy atom. The first-order chi connectivity index (χ1) is 18.9. The number of unbranched alkanes of at least 4 members (excludes halogenated alkanes) is 2. The van der Waals surface area contributed by atoms with Crippen LogP contribution in [-0.4, -0.2) is 49.8 Å². The SMILES string of the molecule is CC#CCC(C)[C@H](O)/C=C/[C@@H]1[C@H]2C/C(=C\CCCC(=O)OC)C[C@@]2(C#CCCCN)C[C@H]1OC1CCCCO1. The molecule has 0 bridgehead atoms. The summed E-state index contributed by atoms with van der Waals surface area (Å²) in [5, 5.41) is 10.9. The zero-order chi connectivity index (χ0) is 28.1. The van der Waals surface area contributed by atoms with Crippen molar-refractivity contribution in [1.29, 1.82) is 0 Å². The minimum Gasteiger partial charge on any atom is -0.469 e. The molecule has 39 heavy (non-hydrogen) atoms. The van der Waals surface area contributed by atoms with Crippen LogP contribution in [0, 0.1) is 46.9 Å². The highest BCUT2D eigenvalue weighted by Crippen LogP contribution is 2.60. The van der Waals surface area contributed by atoms with Gasteiger partial charge in [-0.1, -0.05) is 36.6 Å². The zero-order valence-electron chi connectivity index (χ0n) is 24.3. The van der Waals surface area contributed by atoms with Crippen LogP contribution in [0.2, 0.25) is 0 Å². The normalized spacial score (nSPS) is 30.7. The van der Waals surface area contributed by atoms with Crippen LogP contribution in [0.3, 0.4) is 0 Å². The van der Waals surface area contributed by atoms with E-state index < -0.39 is 6.10 Å². The number of methoxy groups -OCH3 is 1. The van der Waals surface area contributed by atoms with Crippen molar-refractivity contribution in [2.24, 2.45) is 28.9 Å². The maximum absolute atomic E-state index is 11.5. The van der Waals surface area contributed by atoms with Gasteiger partial charge in [-0.15, -0.1) is 17.8 Å². The minimum absolute atomic E-state index is 0.00280. The van der Waals surface area contributed by atoms with Gasteiger partial charge in [0.1, 0.15) is 0 Å². The topological polar surface area (TPSA) is 91.0 Å². The molecule has 2 aliphatic carbocycles. The van der Waals surface area contributed by atoms with Crippen molar-refractivity contribution >= 4 is 5.97 Å². The number of fused-ring (bicyclic) bond motifs is 1. The van der Waals surface area contributed by atoms with Gasteiger partial charge in [-0.3, -0.25) is 4.79 Å². The third-order valence-corrected chi connectivity index (χ3v) is 8.46. The molecule has 0 aromatic rings. The quantitative estimate of drug-likeness (QED) is 0.152. The van der Waals surface area contributed by atoms with Crippen LogP contribution in [0.4, 0.5) is 0 Å². The number of carbonyl (C=O) groups excluding carboxylic acids is 1. The highest BCUT2D eigenvalue weighted by Gasteiger charge is 2.56. The van der Waals surface area contributed by atoms with E-state index in [1.54, 1.807) is 0 Å². The van der Waals surface area contributed by atoms with Gasteiger partial charge in [0.25, 0.3) is 0 Å². The van der Waals surface area contributed by atoms with Crippen LogP contribution in [0.25, 0.3) is 0 Å². The van der Waals surface area contributed by atoms with Crippen LogP contribution in [-0.2, 0) is 19.0 Å². The lowest BCUT2D eigenvalue weighted by Gasteiger charge is -2.29. The second kappa shape index (κ2) is 16.2. The number of aliphatic hydroxyl groups is 1. The molecule has 2 unspecified atom stereocenters. The molecule has 6 heteroatoms. The van der Waals surface area contributed by atoms with Crippen LogP contribution >= 0.6 is 0 Å². The molecular weight excluding hydrogens is 490 g/mol. The Labute approximate surface area is 236 Å². The van der Waals surface area contributed by atoms with Crippen LogP contribution < -0.4 is 5.73 Å². The molecule has 0 spiro atoms. The number of esters is 1. The lowest BCUT2D eigenvalue weighted by atomic mass is 9.78. The minimum atomic E-state index is -0.558. The molecule has 2 saturated carbocycles. The van der Waals surface area contributed by atoms with Crippen molar-refractivity contribution in [2.45, 2.75) is 109 Å². The van der Waals surface area contributed by atoms with Gasteiger partial charge in [0.05, 0.1) is 19.3 Å². The molecule has 1 heterocycles. The van der Waals surface area contributed by atoms with Gasteiger partial charge in [0, 0.05) is 37.2 Å². The Balaban J connectivity index is 1.84. The van der Waals surface area contributed by atoms with Crippen molar-refractivity contribution in [2.75, 3.05) is 20.3 Å². The highest BCUT2D eigenvalue weighted by atomic mass is 16.7. The number of hydrogen-bond acceptors (Lipinski definition) is 6. The molecule has 3 N–H and O–H groups in total. The van der Waals surface area contributed by atoms with E-state index in [9.17, 15) is 9.90 Å². The zero-order valence-corrected chi connectivity index (χ0v) is 24.3. The van der Waals surface area contributed by atoms with Crippen molar-refractivity contribution in [1.82, 2.24) is 0 Å². The first-order valence-corrected chi connectivity index (χ1v) is 14.9. The Bertz CT molecular complexity index is 960. The van der Waals surface area contributed by atoms with Crippen molar-refractivity contribution in [3.63, 3.8) is 0 Å².